The molecule has 0 saturated carbocycles. The van der Waals surface area contributed by atoms with Gasteiger partial charge in [-0.25, -0.2) is 4.98 Å². The topological polar surface area (TPSA) is 57.8 Å². The van der Waals surface area contributed by atoms with Gasteiger partial charge < -0.3 is 5.11 Å². The molecule has 2 aromatic heterocycles. The lowest BCUT2D eigenvalue weighted by Crippen LogP contribution is -2.45. The minimum atomic E-state index is -0.374. The number of pyridine rings is 1. The van der Waals surface area contributed by atoms with Gasteiger partial charge in [-0.2, -0.15) is 0 Å². The van der Waals surface area contributed by atoms with E-state index < -0.39 is 0 Å². The van der Waals surface area contributed by atoms with E-state index in [0.717, 1.165) is 31.5 Å². The van der Waals surface area contributed by atoms with Crippen LogP contribution < -0.4 is 5.56 Å². The molecule has 2 unspecified atom stereocenters. The summed E-state index contributed by atoms with van der Waals surface area (Å²) in [6, 6.07) is 5.17. The third-order valence-corrected chi connectivity index (χ3v) is 4.49. The number of aliphatic hydroxyl groups is 1. The van der Waals surface area contributed by atoms with E-state index in [1.165, 1.54) is 4.40 Å². The Labute approximate surface area is 134 Å². The Hall–Kier alpha value is -1.43. The van der Waals surface area contributed by atoms with Crippen LogP contribution in [-0.4, -0.2) is 38.1 Å². The van der Waals surface area contributed by atoms with Crippen molar-refractivity contribution in [1.82, 2.24) is 14.3 Å². The van der Waals surface area contributed by atoms with Crippen molar-refractivity contribution in [2.24, 2.45) is 0 Å². The van der Waals surface area contributed by atoms with Crippen LogP contribution in [0.3, 0.4) is 0 Å². The molecule has 3 rings (SSSR count). The Balaban J connectivity index is 1.90. The molecule has 2 aromatic rings. The summed E-state index contributed by atoms with van der Waals surface area (Å²) in [6.45, 7) is 3.34. The fourth-order valence-electron chi connectivity index (χ4n) is 3.17. The van der Waals surface area contributed by atoms with Gasteiger partial charge in [-0.3, -0.25) is 14.1 Å². The van der Waals surface area contributed by atoms with Gasteiger partial charge in [0.2, 0.25) is 0 Å². The lowest BCUT2D eigenvalue weighted by Gasteiger charge is -2.37. The monoisotopic (exact) mass is 321 g/mol. The molecular formula is C16H20ClN3O2. The van der Waals surface area contributed by atoms with Crippen LogP contribution in [0.5, 0.6) is 0 Å². The van der Waals surface area contributed by atoms with Crippen LogP contribution >= 0.6 is 11.6 Å². The lowest BCUT2D eigenvalue weighted by atomic mass is 9.98. The number of aromatic nitrogens is 2. The number of nitrogens with zero attached hydrogens (tertiary/aromatic N) is 3. The third-order valence-electron chi connectivity index (χ3n) is 4.26. The van der Waals surface area contributed by atoms with Gasteiger partial charge in [0.25, 0.3) is 5.56 Å². The number of piperidine rings is 1. The highest BCUT2D eigenvalue weighted by Gasteiger charge is 2.26. The predicted molar refractivity (Wildman–Crippen MR) is 86.2 cm³/mol. The second-order valence-corrected chi connectivity index (χ2v) is 6.37. The maximum atomic E-state index is 12.2. The van der Waals surface area contributed by atoms with Gasteiger partial charge in [-0.15, -0.1) is 0 Å². The van der Waals surface area contributed by atoms with Gasteiger partial charge in [-0.05, 0) is 38.4 Å². The van der Waals surface area contributed by atoms with Crippen LogP contribution in [0.15, 0.2) is 29.2 Å². The molecule has 1 saturated heterocycles. The number of fused-ring (bicyclic) bond motifs is 1. The number of hydrogen-bond acceptors (Lipinski definition) is 4. The molecule has 6 heteroatoms. The Kier molecular flexibility index (Phi) is 4.47. The van der Waals surface area contributed by atoms with Crippen LogP contribution in [-0.2, 0) is 6.54 Å². The van der Waals surface area contributed by atoms with E-state index in [2.05, 4.69) is 9.88 Å². The smallest absolute Gasteiger partial charge is 0.258 e. The molecule has 0 bridgehead atoms. The first-order valence-corrected chi connectivity index (χ1v) is 8.02. The highest BCUT2D eigenvalue weighted by Crippen LogP contribution is 2.21. The number of aliphatic hydroxyl groups excluding tert-OH is 1. The Morgan fingerprint density at radius 2 is 2.27 bits per heavy atom. The molecule has 0 amide bonds. The molecule has 0 aliphatic carbocycles. The van der Waals surface area contributed by atoms with Crippen molar-refractivity contribution in [3.63, 3.8) is 0 Å². The summed E-state index contributed by atoms with van der Waals surface area (Å²) in [4.78, 5) is 19.0. The molecule has 1 aliphatic heterocycles. The average molecular weight is 322 g/mol. The van der Waals surface area contributed by atoms with Crippen LogP contribution in [0, 0.1) is 0 Å². The van der Waals surface area contributed by atoms with Crippen molar-refractivity contribution in [1.29, 1.82) is 0 Å². The number of halogens is 1. The van der Waals surface area contributed by atoms with Gasteiger partial charge in [0.15, 0.2) is 0 Å². The van der Waals surface area contributed by atoms with Gasteiger partial charge in [0.05, 0.1) is 16.8 Å². The normalized spacial score (nSPS) is 21.1. The Bertz CT molecular complexity index is 729. The molecule has 2 atom stereocenters. The number of likely N-dealkylation sites (tertiary alicyclic amines) is 1. The molecule has 118 valence electrons. The van der Waals surface area contributed by atoms with E-state index in [-0.39, 0.29) is 17.7 Å². The van der Waals surface area contributed by atoms with Crippen LogP contribution in [0.2, 0.25) is 5.02 Å². The molecule has 0 aromatic carbocycles. The zero-order valence-electron chi connectivity index (χ0n) is 12.6. The van der Waals surface area contributed by atoms with Crippen LogP contribution in [0.4, 0.5) is 0 Å². The molecule has 22 heavy (non-hydrogen) atoms. The summed E-state index contributed by atoms with van der Waals surface area (Å²) >= 11 is 5.92. The third kappa shape index (κ3) is 3.16. The lowest BCUT2D eigenvalue weighted by molar-refractivity contribution is 0.0310. The molecule has 0 radical (unpaired) electrons. The molecule has 1 aliphatic rings. The summed E-state index contributed by atoms with van der Waals surface area (Å²) in [5.41, 5.74) is 1.20. The van der Waals surface area contributed by atoms with Crippen molar-refractivity contribution in [2.75, 3.05) is 6.54 Å². The first kappa shape index (κ1) is 15.5. The van der Waals surface area contributed by atoms with Gasteiger partial charge >= 0.3 is 0 Å². The quantitative estimate of drug-likeness (QED) is 0.940. The summed E-state index contributed by atoms with van der Waals surface area (Å²) < 4.78 is 1.45. The standard InChI is InChI=1S/C16H20ClN3O2/c1-11(21)14-4-2-3-7-19(14)10-13-8-16(22)20-9-12(17)5-6-15(20)18-13/h5-6,8-9,11,14,21H,2-4,7,10H2,1H3. The largest absolute Gasteiger partial charge is 0.392 e. The van der Waals surface area contributed by atoms with E-state index in [9.17, 15) is 9.90 Å². The summed E-state index contributed by atoms with van der Waals surface area (Å²) in [5.74, 6) is 0. The van der Waals surface area contributed by atoms with E-state index in [0.29, 0.717) is 17.2 Å². The first-order chi connectivity index (χ1) is 10.5. The van der Waals surface area contributed by atoms with Crippen molar-refractivity contribution in [3.8, 4) is 0 Å². The zero-order chi connectivity index (χ0) is 15.7. The number of rotatable bonds is 3. The molecule has 5 nitrogen and oxygen atoms in total. The molecule has 1 N–H and O–H groups in total. The fraction of sp³-hybridized carbons (Fsp3) is 0.500. The predicted octanol–water partition coefficient (Wildman–Crippen LogP) is 2.08. The Morgan fingerprint density at radius 1 is 1.45 bits per heavy atom. The highest BCUT2D eigenvalue weighted by atomic mass is 35.5. The molecular weight excluding hydrogens is 302 g/mol. The van der Waals surface area contributed by atoms with Gasteiger partial charge in [0.1, 0.15) is 5.65 Å². The van der Waals surface area contributed by atoms with E-state index in [1.807, 2.05) is 6.92 Å². The maximum Gasteiger partial charge on any atom is 0.258 e. The summed E-state index contributed by atoms with van der Waals surface area (Å²) in [5, 5.41) is 10.4. The maximum absolute atomic E-state index is 12.2. The van der Waals surface area contributed by atoms with Gasteiger partial charge in [0, 0.05) is 24.8 Å². The van der Waals surface area contributed by atoms with E-state index >= 15 is 0 Å². The summed E-state index contributed by atoms with van der Waals surface area (Å²) in [7, 11) is 0. The van der Waals surface area contributed by atoms with Gasteiger partial charge in [-0.1, -0.05) is 18.0 Å². The average Bonchev–Trinajstić information content (AvgIpc) is 2.48. The van der Waals surface area contributed by atoms with Crippen molar-refractivity contribution < 1.29 is 5.11 Å². The van der Waals surface area contributed by atoms with Crippen molar-refractivity contribution >= 4 is 17.2 Å². The number of hydrogen-bond donors (Lipinski definition) is 1. The zero-order valence-corrected chi connectivity index (χ0v) is 13.3. The molecule has 3 heterocycles. The Morgan fingerprint density at radius 3 is 3.05 bits per heavy atom. The summed E-state index contributed by atoms with van der Waals surface area (Å²) in [6.07, 6.45) is 4.44. The van der Waals surface area contributed by atoms with E-state index in [1.54, 1.807) is 24.4 Å². The minimum absolute atomic E-state index is 0.131. The minimum Gasteiger partial charge on any atom is -0.392 e. The first-order valence-electron chi connectivity index (χ1n) is 7.64. The van der Waals surface area contributed by atoms with E-state index in [4.69, 9.17) is 11.6 Å². The van der Waals surface area contributed by atoms with Crippen molar-refractivity contribution in [3.05, 3.63) is 45.5 Å². The fourth-order valence-corrected chi connectivity index (χ4v) is 3.34. The van der Waals surface area contributed by atoms with Crippen molar-refractivity contribution in [2.45, 2.75) is 44.9 Å². The highest BCUT2D eigenvalue weighted by molar-refractivity contribution is 6.30. The van der Waals surface area contributed by atoms with Crippen LogP contribution in [0.1, 0.15) is 31.9 Å². The molecule has 0 spiro atoms. The van der Waals surface area contributed by atoms with Crippen LogP contribution in [0.25, 0.3) is 5.65 Å². The second kappa shape index (κ2) is 6.36. The second-order valence-electron chi connectivity index (χ2n) is 5.94. The SMILES string of the molecule is CC(O)C1CCCCN1Cc1cc(=O)n2cc(Cl)ccc2n1. The molecule has 1 fully saturated rings.